The van der Waals surface area contributed by atoms with Crippen LogP contribution in [0.1, 0.15) is 17.4 Å². The predicted octanol–water partition coefficient (Wildman–Crippen LogP) is 4.03. The third kappa shape index (κ3) is 2.88. The van der Waals surface area contributed by atoms with Crippen LogP contribution in [0.15, 0.2) is 18.2 Å². The van der Waals surface area contributed by atoms with E-state index in [0.717, 1.165) is 0 Å². The highest BCUT2D eigenvalue weighted by atomic mass is 35.5. The fourth-order valence-electron chi connectivity index (χ4n) is 1.67. The Balaban J connectivity index is 2.29. The molecule has 106 valence electrons. The quantitative estimate of drug-likeness (QED) is 0.619. The van der Waals surface area contributed by atoms with Crippen LogP contribution in [0.5, 0.6) is 11.5 Å². The average Bonchev–Trinajstić information content (AvgIpc) is 2.61. The van der Waals surface area contributed by atoms with Crippen LogP contribution in [-0.2, 0) is 0 Å². The minimum Gasteiger partial charge on any atom is -0.490 e. The van der Waals surface area contributed by atoms with Gasteiger partial charge in [0.25, 0.3) is 0 Å². The molecule has 0 amide bonds. The molecule has 1 atom stereocenters. The Hall–Kier alpha value is -1.17. The number of hydrogen-bond donors (Lipinski definition) is 0. The molecule has 0 N–H and O–H groups in total. The van der Waals surface area contributed by atoms with E-state index in [1.807, 2.05) is 0 Å². The van der Waals surface area contributed by atoms with Gasteiger partial charge in [-0.2, -0.15) is 8.78 Å². The van der Waals surface area contributed by atoms with E-state index < -0.39 is 17.7 Å². The molecule has 0 radical (unpaired) electrons. The molecule has 0 fully saturated rings. The van der Waals surface area contributed by atoms with Crippen LogP contribution < -0.4 is 9.47 Å². The predicted molar refractivity (Wildman–Crippen MR) is 61.6 cm³/mol. The fourth-order valence-corrected chi connectivity index (χ4v) is 1.90. The first kappa shape index (κ1) is 14.2. The van der Waals surface area contributed by atoms with Crippen molar-refractivity contribution in [1.29, 1.82) is 0 Å². The van der Waals surface area contributed by atoms with E-state index in [2.05, 4.69) is 0 Å². The molecule has 1 heterocycles. The van der Waals surface area contributed by atoms with Crippen LogP contribution in [0, 0.1) is 0 Å². The summed E-state index contributed by atoms with van der Waals surface area (Å²) in [6, 6.07) is 3.85. The van der Waals surface area contributed by atoms with E-state index in [-0.39, 0.29) is 11.3 Å². The van der Waals surface area contributed by atoms with E-state index in [0.29, 0.717) is 25.4 Å². The van der Waals surface area contributed by atoms with Crippen molar-refractivity contribution in [1.82, 2.24) is 0 Å². The molecule has 0 spiro atoms. The molecule has 2 nitrogen and oxygen atoms in total. The second-order valence-corrected chi connectivity index (χ2v) is 4.53. The van der Waals surface area contributed by atoms with Gasteiger partial charge in [-0.1, -0.05) is 6.07 Å². The van der Waals surface area contributed by atoms with Crippen molar-refractivity contribution in [2.24, 2.45) is 0 Å². The number of alkyl halides is 5. The van der Waals surface area contributed by atoms with Crippen molar-refractivity contribution >= 4 is 11.6 Å². The van der Waals surface area contributed by atoms with Gasteiger partial charge in [0.05, 0.1) is 13.2 Å². The molecule has 1 aromatic carbocycles. The first-order valence-electron chi connectivity index (χ1n) is 5.62. The summed E-state index contributed by atoms with van der Waals surface area (Å²) < 4.78 is 61.5. The third-order valence-corrected chi connectivity index (χ3v) is 3.24. The van der Waals surface area contributed by atoms with Gasteiger partial charge >= 0.3 is 12.3 Å². The number of fused-ring (bicyclic) bond motifs is 1. The summed E-state index contributed by atoms with van der Waals surface area (Å²) in [5.74, 6) is -3.67. The smallest absolute Gasteiger partial charge is 0.327 e. The molecule has 1 aliphatic rings. The Labute approximate surface area is 112 Å². The van der Waals surface area contributed by atoms with Gasteiger partial charge in [0.2, 0.25) is 0 Å². The van der Waals surface area contributed by atoms with Crippen molar-refractivity contribution < 1.29 is 27.0 Å². The summed E-state index contributed by atoms with van der Waals surface area (Å²) in [5, 5.41) is -2.12. The molecule has 1 unspecified atom stereocenters. The minimum absolute atomic E-state index is 0.129. The van der Waals surface area contributed by atoms with Crippen molar-refractivity contribution in [2.45, 2.75) is 24.1 Å². The molecule has 7 heteroatoms. The lowest BCUT2D eigenvalue weighted by atomic mass is 10.1. The van der Waals surface area contributed by atoms with Gasteiger partial charge in [-0.3, -0.25) is 0 Å². The normalized spacial score (nSPS) is 17.2. The van der Waals surface area contributed by atoms with Crippen molar-refractivity contribution in [3.05, 3.63) is 23.8 Å². The SMILES string of the molecule is FC(F)C(F)(F)C(Cl)c1ccc2c(c1)OCCCO2. The zero-order valence-corrected chi connectivity index (χ0v) is 10.5. The van der Waals surface area contributed by atoms with E-state index in [1.54, 1.807) is 0 Å². The van der Waals surface area contributed by atoms with E-state index in [4.69, 9.17) is 21.1 Å². The fraction of sp³-hybridized carbons (Fsp3) is 0.500. The highest BCUT2D eigenvalue weighted by molar-refractivity contribution is 6.21. The highest BCUT2D eigenvalue weighted by Gasteiger charge is 2.48. The molecule has 0 saturated carbocycles. The number of ether oxygens (including phenoxy) is 2. The summed E-state index contributed by atoms with van der Waals surface area (Å²) in [7, 11) is 0. The number of hydrogen-bond acceptors (Lipinski definition) is 2. The standard InChI is InChI=1S/C12H11ClF4O2/c13-10(12(16,17)11(14)15)7-2-3-8-9(6-7)19-5-1-4-18-8/h2-3,6,10-11H,1,4-5H2. The van der Waals surface area contributed by atoms with Gasteiger partial charge in [0.1, 0.15) is 5.38 Å². The first-order valence-corrected chi connectivity index (χ1v) is 6.06. The second kappa shape index (κ2) is 5.45. The molecule has 1 aromatic rings. The minimum atomic E-state index is -4.30. The van der Waals surface area contributed by atoms with Crippen molar-refractivity contribution in [3.8, 4) is 11.5 Å². The summed E-state index contributed by atoms with van der Waals surface area (Å²) in [6.45, 7) is 0.818. The Bertz CT molecular complexity index is 453. The van der Waals surface area contributed by atoms with Crippen LogP contribution in [-0.4, -0.2) is 25.6 Å². The van der Waals surface area contributed by atoms with E-state index in [9.17, 15) is 17.6 Å². The number of halogens is 5. The van der Waals surface area contributed by atoms with Crippen LogP contribution >= 0.6 is 11.6 Å². The third-order valence-electron chi connectivity index (χ3n) is 2.69. The summed E-state index contributed by atoms with van der Waals surface area (Å²) in [4.78, 5) is 0. The van der Waals surface area contributed by atoms with Gasteiger partial charge in [0.15, 0.2) is 11.5 Å². The zero-order chi connectivity index (χ0) is 14.0. The maximum absolute atomic E-state index is 13.2. The molecule has 0 saturated heterocycles. The molecule has 1 aliphatic heterocycles. The Morgan fingerprint density at radius 1 is 1.11 bits per heavy atom. The Morgan fingerprint density at radius 2 is 1.74 bits per heavy atom. The van der Waals surface area contributed by atoms with Crippen LogP contribution in [0.3, 0.4) is 0 Å². The van der Waals surface area contributed by atoms with Crippen molar-refractivity contribution in [3.63, 3.8) is 0 Å². The first-order chi connectivity index (χ1) is 8.93. The second-order valence-electron chi connectivity index (χ2n) is 4.09. The van der Waals surface area contributed by atoms with Gasteiger partial charge in [-0.15, -0.1) is 11.6 Å². The lowest BCUT2D eigenvalue weighted by Gasteiger charge is -2.22. The average molecular weight is 299 g/mol. The van der Waals surface area contributed by atoms with Crippen molar-refractivity contribution in [2.75, 3.05) is 13.2 Å². The monoisotopic (exact) mass is 298 g/mol. The maximum Gasteiger partial charge on any atom is 0.327 e. The molecule has 0 aliphatic carbocycles. The summed E-state index contributed by atoms with van der Waals surface area (Å²) in [5.41, 5.74) is -0.129. The molecular formula is C12H11ClF4O2. The molecule has 0 bridgehead atoms. The summed E-state index contributed by atoms with van der Waals surface area (Å²) >= 11 is 5.45. The lowest BCUT2D eigenvalue weighted by molar-refractivity contribution is -0.130. The van der Waals surface area contributed by atoms with Gasteiger partial charge in [-0.05, 0) is 17.7 Å². The van der Waals surface area contributed by atoms with E-state index in [1.165, 1.54) is 18.2 Å². The zero-order valence-electron chi connectivity index (χ0n) is 9.71. The summed E-state index contributed by atoms with van der Waals surface area (Å²) in [6.07, 6.45) is -3.17. The number of benzene rings is 1. The molecule has 0 aromatic heterocycles. The molecular weight excluding hydrogens is 288 g/mol. The highest BCUT2D eigenvalue weighted by Crippen LogP contribution is 2.43. The largest absolute Gasteiger partial charge is 0.490 e. The van der Waals surface area contributed by atoms with Gasteiger partial charge in [0, 0.05) is 6.42 Å². The number of rotatable bonds is 3. The lowest BCUT2D eigenvalue weighted by Crippen LogP contribution is -2.31. The van der Waals surface area contributed by atoms with E-state index >= 15 is 0 Å². The Morgan fingerprint density at radius 3 is 2.37 bits per heavy atom. The van der Waals surface area contributed by atoms with Crippen LogP contribution in [0.2, 0.25) is 0 Å². The molecule has 2 rings (SSSR count). The van der Waals surface area contributed by atoms with Crippen LogP contribution in [0.4, 0.5) is 17.6 Å². The topological polar surface area (TPSA) is 18.5 Å². The van der Waals surface area contributed by atoms with Gasteiger partial charge in [-0.25, -0.2) is 8.78 Å². The Kier molecular flexibility index (Phi) is 4.08. The molecule has 19 heavy (non-hydrogen) atoms. The van der Waals surface area contributed by atoms with Crippen LogP contribution in [0.25, 0.3) is 0 Å². The maximum atomic E-state index is 13.2. The van der Waals surface area contributed by atoms with Gasteiger partial charge < -0.3 is 9.47 Å².